The van der Waals surface area contributed by atoms with E-state index in [1.807, 2.05) is 19.1 Å². The molecule has 0 radical (unpaired) electrons. The number of alkyl halides is 1. The number of rotatable bonds is 8. The molecule has 0 saturated heterocycles. The van der Waals surface area contributed by atoms with Crippen LogP contribution in [0.2, 0.25) is 0 Å². The summed E-state index contributed by atoms with van der Waals surface area (Å²) in [7, 11) is 0. The van der Waals surface area contributed by atoms with Gasteiger partial charge in [0, 0.05) is 11.8 Å². The summed E-state index contributed by atoms with van der Waals surface area (Å²) in [6, 6.07) is 0. The fourth-order valence-corrected chi connectivity index (χ4v) is 1.80. The van der Waals surface area contributed by atoms with Crippen molar-refractivity contribution in [3.63, 3.8) is 0 Å². The predicted molar refractivity (Wildman–Crippen MR) is 73.3 cm³/mol. The molecule has 0 saturated carbocycles. The van der Waals surface area contributed by atoms with Gasteiger partial charge in [0.1, 0.15) is 0 Å². The van der Waals surface area contributed by atoms with Crippen molar-refractivity contribution in [2.75, 3.05) is 5.33 Å². The van der Waals surface area contributed by atoms with Crippen LogP contribution in [-0.4, -0.2) is 5.33 Å². The van der Waals surface area contributed by atoms with Gasteiger partial charge < -0.3 is 0 Å². The molecule has 0 atom stereocenters. The van der Waals surface area contributed by atoms with Crippen LogP contribution in [0.25, 0.3) is 0 Å². The standard InChI is InChI=1S/C14H23Br/c1-2-3-4-5-6-7-8-9-10-11-12-13-14-15/h2-3H,6-14H2,1H3/b3-2-. The monoisotopic (exact) mass is 270 g/mol. The molecule has 0 amide bonds. The van der Waals surface area contributed by atoms with Crippen LogP contribution in [0.15, 0.2) is 12.2 Å². The number of allylic oxidation sites excluding steroid dienone is 2. The molecule has 0 rings (SSSR count). The van der Waals surface area contributed by atoms with Crippen LogP contribution in [0, 0.1) is 11.8 Å². The van der Waals surface area contributed by atoms with Gasteiger partial charge in [-0.05, 0) is 25.8 Å². The lowest BCUT2D eigenvalue weighted by Gasteiger charge is -1.98. The lowest BCUT2D eigenvalue weighted by molar-refractivity contribution is 0.596. The van der Waals surface area contributed by atoms with Crippen molar-refractivity contribution in [2.45, 2.75) is 58.3 Å². The highest BCUT2D eigenvalue weighted by atomic mass is 79.9. The van der Waals surface area contributed by atoms with E-state index in [1.54, 1.807) is 0 Å². The van der Waals surface area contributed by atoms with Crippen LogP contribution >= 0.6 is 15.9 Å². The summed E-state index contributed by atoms with van der Waals surface area (Å²) in [6.45, 7) is 2.00. The van der Waals surface area contributed by atoms with Gasteiger partial charge in [0.15, 0.2) is 0 Å². The number of hydrogen-bond donors (Lipinski definition) is 0. The summed E-state index contributed by atoms with van der Waals surface area (Å²) in [5.74, 6) is 6.17. The van der Waals surface area contributed by atoms with Gasteiger partial charge in [-0.25, -0.2) is 0 Å². The van der Waals surface area contributed by atoms with E-state index in [1.165, 1.54) is 44.9 Å². The van der Waals surface area contributed by atoms with Gasteiger partial charge in [-0.1, -0.05) is 66.0 Å². The normalized spacial score (nSPS) is 10.3. The Morgan fingerprint density at radius 3 is 2.13 bits per heavy atom. The van der Waals surface area contributed by atoms with Crippen molar-refractivity contribution in [3.05, 3.63) is 12.2 Å². The minimum atomic E-state index is 1.06. The maximum atomic E-state index is 3.45. The topological polar surface area (TPSA) is 0 Å². The van der Waals surface area contributed by atoms with Crippen LogP contribution in [-0.2, 0) is 0 Å². The first-order chi connectivity index (χ1) is 7.41. The molecule has 1 heteroatoms. The van der Waals surface area contributed by atoms with Gasteiger partial charge in [-0.2, -0.15) is 0 Å². The van der Waals surface area contributed by atoms with Crippen LogP contribution in [0.5, 0.6) is 0 Å². The summed E-state index contributed by atoms with van der Waals surface area (Å²) < 4.78 is 0. The minimum Gasteiger partial charge on any atom is -0.0985 e. The smallest absolute Gasteiger partial charge is 0.00922 e. The molecule has 0 aromatic heterocycles. The van der Waals surface area contributed by atoms with Gasteiger partial charge in [0.2, 0.25) is 0 Å². The van der Waals surface area contributed by atoms with E-state index in [9.17, 15) is 0 Å². The Kier molecular flexibility index (Phi) is 13.6. The van der Waals surface area contributed by atoms with Crippen molar-refractivity contribution < 1.29 is 0 Å². The Balaban J connectivity index is 3.02. The second-order valence-electron chi connectivity index (χ2n) is 3.73. The first-order valence-electron chi connectivity index (χ1n) is 6.07. The molecule has 0 bridgehead atoms. The number of hydrogen-bond acceptors (Lipinski definition) is 0. The zero-order valence-electron chi connectivity index (χ0n) is 9.90. The Morgan fingerprint density at radius 1 is 0.933 bits per heavy atom. The summed E-state index contributed by atoms with van der Waals surface area (Å²) >= 11 is 3.45. The third kappa shape index (κ3) is 13.8. The molecule has 15 heavy (non-hydrogen) atoms. The molecule has 0 aromatic carbocycles. The van der Waals surface area contributed by atoms with E-state index in [4.69, 9.17) is 0 Å². The highest BCUT2D eigenvalue weighted by Crippen LogP contribution is 2.08. The van der Waals surface area contributed by atoms with E-state index in [0.717, 1.165) is 11.8 Å². The van der Waals surface area contributed by atoms with Crippen LogP contribution in [0.4, 0.5) is 0 Å². The average Bonchev–Trinajstić information content (AvgIpc) is 2.26. The molecule has 0 N–H and O–H groups in total. The van der Waals surface area contributed by atoms with Crippen molar-refractivity contribution >= 4 is 15.9 Å². The highest BCUT2D eigenvalue weighted by molar-refractivity contribution is 9.09. The van der Waals surface area contributed by atoms with E-state index in [0.29, 0.717) is 0 Å². The molecule has 0 nitrogen and oxygen atoms in total. The fraction of sp³-hybridized carbons (Fsp3) is 0.714. The lowest BCUT2D eigenvalue weighted by atomic mass is 10.1. The molecule has 0 unspecified atom stereocenters. The van der Waals surface area contributed by atoms with Crippen LogP contribution in [0.1, 0.15) is 58.3 Å². The van der Waals surface area contributed by atoms with Gasteiger partial charge >= 0.3 is 0 Å². The van der Waals surface area contributed by atoms with Crippen molar-refractivity contribution in [1.29, 1.82) is 0 Å². The zero-order valence-corrected chi connectivity index (χ0v) is 11.5. The third-order valence-electron chi connectivity index (χ3n) is 2.29. The molecular weight excluding hydrogens is 248 g/mol. The molecular formula is C14H23Br. The van der Waals surface area contributed by atoms with Crippen LogP contribution < -0.4 is 0 Å². The molecule has 0 fully saturated rings. The Morgan fingerprint density at radius 2 is 1.53 bits per heavy atom. The molecule has 0 aliphatic heterocycles. The van der Waals surface area contributed by atoms with Crippen molar-refractivity contribution in [1.82, 2.24) is 0 Å². The van der Waals surface area contributed by atoms with E-state index < -0.39 is 0 Å². The summed E-state index contributed by atoms with van der Waals surface area (Å²) in [5.41, 5.74) is 0. The summed E-state index contributed by atoms with van der Waals surface area (Å²) in [5, 5.41) is 1.16. The first kappa shape index (κ1) is 14.8. The summed E-state index contributed by atoms with van der Waals surface area (Å²) in [6.07, 6.45) is 14.5. The molecule has 0 aromatic rings. The molecule has 0 aliphatic rings. The molecule has 0 spiro atoms. The predicted octanol–water partition coefficient (Wildman–Crippen LogP) is 5.08. The fourth-order valence-electron chi connectivity index (χ4n) is 1.41. The van der Waals surface area contributed by atoms with E-state index >= 15 is 0 Å². The Hall–Kier alpha value is -0.220. The molecule has 0 aliphatic carbocycles. The second-order valence-corrected chi connectivity index (χ2v) is 4.53. The Bertz CT molecular complexity index is 195. The van der Waals surface area contributed by atoms with Crippen LogP contribution in [0.3, 0.4) is 0 Å². The number of halogens is 1. The third-order valence-corrected chi connectivity index (χ3v) is 2.85. The van der Waals surface area contributed by atoms with Crippen molar-refractivity contribution in [3.8, 4) is 11.8 Å². The zero-order chi connectivity index (χ0) is 11.2. The Labute approximate surface area is 104 Å². The second kappa shape index (κ2) is 13.8. The van der Waals surface area contributed by atoms with Gasteiger partial charge in [-0.3, -0.25) is 0 Å². The lowest BCUT2D eigenvalue weighted by Crippen LogP contribution is -1.80. The molecule has 86 valence electrons. The average molecular weight is 271 g/mol. The maximum absolute atomic E-state index is 3.45. The first-order valence-corrected chi connectivity index (χ1v) is 7.19. The van der Waals surface area contributed by atoms with Gasteiger partial charge in [0.05, 0.1) is 0 Å². The molecule has 0 heterocycles. The quantitative estimate of drug-likeness (QED) is 0.328. The van der Waals surface area contributed by atoms with Crippen molar-refractivity contribution in [2.24, 2.45) is 0 Å². The summed E-state index contributed by atoms with van der Waals surface area (Å²) in [4.78, 5) is 0. The maximum Gasteiger partial charge on any atom is 0.00922 e. The number of unbranched alkanes of at least 4 members (excludes halogenated alkanes) is 7. The minimum absolute atomic E-state index is 1.06. The highest BCUT2D eigenvalue weighted by Gasteiger charge is 1.90. The van der Waals surface area contributed by atoms with Gasteiger partial charge in [-0.15, -0.1) is 0 Å². The SMILES string of the molecule is C/C=C\C#CCCCCCCCCCBr. The largest absolute Gasteiger partial charge is 0.0985 e. The van der Waals surface area contributed by atoms with E-state index in [2.05, 4.69) is 27.8 Å². The van der Waals surface area contributed by atoms with E-state index in [-0.39, 0.29) is 0 Å². The van der Waals surface area contributed by atoms with Gasteiger partial charge in [0.25, 0.3) is 0 Å².